The van der Waals surface area contributed by atoms with Crippen LogP contribution in [0.3, 0.4) is 0 Å². The zero-order valence-corrected chi connectivity index (χ0v) is 28.1. The summed E-state index contributed by atoms with van der Waals surface area (Å²) in [5.74, 6) is 0. The number of hydrogen-bond acceptors (Lipinski definition) is 3. The maximum absolute atomic E-state index is 6.98. The molecule has 0 unspecified atom stereocenters. The van der Waals surface area contributed by atoms with E-state index in [0.717, 1.165) is 5.50 Å². The van der Waals surface area contributed by atoms with Gasteiger partial charge in [0.25, 0.3) is 0 Å². The monoisotopic (exact) mass is 628 g/mol. The van der Waals surface area contributed by atoms with Gasteiger partial charge in [0.05, 0.1) is 11.2 Å². The Labute approximate surface area is 271 Å². The highest BCUT2D eigenvalue weighted by atomic mass is 31.1. The lowest BCUT2D eigenvalue weighted by molar-refractivity contribution is 0.00578. The Morgan fingerprint density at radius 2 is 0.911 bits per heavy atom. The Hall–Kier alpha value is -3.52. The Morgan fingerprint density at radius 3 is 1.31 bits per heavy atom. The molecule has 0 saturated carbocycles. The zero-order chi connectivity index (χ0) is 31.3. The van der Waals surface area contributed by atoms with Crippen molar-refractivity contribution in [2.24, 2.45) is 0 Å². The summed E-state index contributed by atoms with van der Waals surface area (Å²) in [5.41, 5.74) is 1.08. The molecule has 0 aliphatic carbocycles. The van der Waals surface area contributed by atoms with Crippen LogP contribution in [0.2, 0.25) is 0 Å². The minimum absolute atomic E-state index is 0.0147. The Balaban J connectivity index is 1.58. The van der Waals surface area contributed by atoms with Gasteiger partial charge >= 0.3 is 7.32 Å². The summed E-state index contributed by atoms with van der Waals surface area (Å²) in [5, 5.41) is 5.03. The number of hydrogen-bond donors (Lipinski definition) is 0. The van der Waals surface area contributed by atoms with Gasteiger partial charge in [0.2, 0.25) is 0 Å². The Morgan fingerprint density at radius 1 is 0.556 bits per heavy atom. The van der Waals surface area contributed by atoms with Gasteiger partial charge in [0.15, 0.2) is 0 Å². The minimum Gasteiger partial charge on any atom is -0.511 e. The van der Waals surface area contributed by atoms with Crippen LogP contribution in [0.1, 0.15) is 38.9 Å². The second kappa shape index (κ2) is 13.9. The molecule has 0 amide bonds. The van der Waals surface area contributed by atoms with Gasteiger partial charge in [-0.25, -0.2) is 0 Å². The van der Waals surface area contributed by atoms with Crippen molar-refractivity contribution in [1.82, 2.24) is 0 Å². The first-order valence-corrected chi connectivity index (χ1v) is 18.2. The molecule has 6 rings (SSSR count). The molecule has 5 aromatic carbocycles. The highest BCUT2D eigenvalue weighted by molar-refractivity contribution is 7.77. The second-order valence-corrected chi connectivity index (χ2v) is 16.5. The lowest BCUT2D eigenvalue weighted by Gasteiger charge is -2.31. The molecule has 1 aliphatic heterocycles. The van der Waals surface area contributed by atoms with Crippen molar-refractivity contribution >= 4 is 44.4 Å². The van der Waals surface area contributed by atoms with Crippen LogP contribution in [-0.4, -0.2) is 18.5 Å². The minimum atomic E-state index is -1.09. The highest BCUT2D eigenvalue weighted by Crippen LogP contribution is 2.54. The van der Waals surface area contributed by atoms with E-state index < -0.39 is 34.4 Å². The predicted octanol–water partition coefficient (Wildman–Crippen LogP) is 8.44. The van der Waals surface area contributed by atoms with Crippen LogP contribution >= 0.6 is 15.8 Å². The van der Waals surface area contributed by atoms with Gasteiger partial charge in [-0.05, 0) is 68.5 Å². The third-order valence-electron chi connectivity index (χ3n) is 8.49. The topological polar surface area (TPSA) is 27.7 Å². The summed E-state index contributed by atoms with van der Waals surface area (Å²) in [6.45, 7) is 8.25. The van der Waals surface area contributed by atoms with E-state index in [9.17, 15) is 0 Å². The molecule has 0 N–H and O–H groups in total. The van der Waals surface area contributed by atoms with Crippen molar-refractivity contribution in [3.63, 3.8) is 0 Å². The molecule has 0 bridgehead atoms. The smallest absolute Gasteiger partial charge is 0.511 e. The third kappa shape index (κ3) is 7.16. The summed E-state index contributed by atoms with van der Waals surface area (Å²) < 4.78 is 19.9. The molecule has 0 radical (unpaired) electrons. The molecule has 45 heavy (non-hydrogen) atoms. The van der Waals surface area contributed by atoms with Crippen molar-refractivity contribution in [2.45, 2.75) is 44.6 Å². The van der Waals surface area contributed by atoms with Crippen LogP contribution < -0.4 is 21.2 Å². The molecular weight excluding hydrogens is 589 g/mol. The summed E-state index contributed by atoms with van der Waals surface area (Å²) >= 11 is 0. The summed E-state index contributed by atoms with van der Waals surface area (Å²) in [6.07, 6.45) is 2.37. The lowest BCUT2D eigenvalue weighted by atomic mass is 9.90. The third-order valence-corrected chi connectivity index (χ3v) is 13.5. The average Bonchev–Trinajstić information content (AvgIpc) is 3.28. The molecule has 3 nitrogen and oxygen atoms in total. The first kappa shape index (κ1) is 31.5. The van der Waals surface area contributed by atoms with Crippen molar-refractivity contribution < 1.29 is 14.0 Å². The number of benzene rings is 5. The molecule has 1 atom stereocenters. The fourth-order valence-corrected chi connectivity index (χ4v) is 10.4. The van der Waals surface area contributed by atoms with E-state index in [1.165, 1.54) is 26.8 Å². The zero-order valence-electron chi connectivity index (χ0n) is 26.3. The SMILES string of the molecule is CC1(C)OB(O/C(=C\[C@@H](c2ccccc2)P(c2ccccc2)c2ccccc2)P(c2ccccc2)c2ccccc2)OC1(C)C. The van der Waals surface area contributed by atoms with Crippen molar-refractivity contribution in [3.8, 4) is 0 Å². The standard InChI is InChI=1S/C39H39BO3P2/c1-38(2)39(3,4)43-40(42-38)41-37(45(34-26-16-8-17-27-34)35-28-18-9-19-29-35)30-36(31-20-10-5-11-21-31)44(32-22-12-6-13-23-32)33-24-14-7-15-25-33/h5-30,36H,1-4H3/b37-30+/t36-/m0/s1. The Kier molecular flexibility index (Phi) is 9.69. The van der Waals surface area contributed by atoms with E-state index in [2.05, 4.69) is 185 Å². The van der Waals surface area contributed by atoms with Gasteiger partial charge in [0, 0.05) is 13.6 Å². The molecule has 226 valence electrons. The summed E-state index contributed by atoms with van der Waals surface area (Å²) in [7, 11) is -2.80. The van der Waals surface area contributed by atoms with Crippen LogP contribution in [0.4, 0.5) is 0 Å². The van der Waals surface area contributed by atoms with Crippen LogP contribution in [0.5, 0.6) is 0 Å². The molecule has 0 aromatic heterocycles. The lowest BCUT2D eigenvalue weighted by Crippen LogP contribution is -2.41. The van der Waals surface area contributed by atoms with Gasteiger partial charge in [-0.2, -0.15) is 0 Å². The van der Waals surface area contributed by atoms with Crippen molar-refractivity contribution in [2.75, 3.05) is 0 Å². The largest absolute Gasteiger partial charge is 0.714 e. The predicted molar refractivity (Wildman–Crippen MR) is 193 cm³/mol. The molecule has 5 aromatic rings. The quantitative estimate of drug-likeness (QED) is 0.0883. The fourth-order valence-electron chi connectivity index (χ4n) is 5.41. The van der Waals surface area contributed by atoms with E-state index in [4.69, 9.17) is 14.0 Å². The molecule has 1 fully saturated rings. The molecular formula is C39H39BO3P2. The van der Waals surface area contributed by atoms with Crippen molar-refractivity contribution in [3.05, 3.63) is 169 Å². The van der Waals surface area contributed by atoms with Crippen molar-refractivity contribution in [1.29, 1.82) is 0 Å². The van der Waals surface area contributed by atoms with E-state index in [0.29, 0.717) is 0 Å². The van der Waals surface area contributed by atoms with Crippen LogP contribution in [-0.2, 0) is 14.0 Å². The van der Waals surface area contributed by atoms with Crippen LogP contribution in [0.25, 0.3) is 0 Å². The number of rotatable bonds is 10. The summed E-state index contributed by atoms with van der Waals surface area (Å²) in [4.78, 5) is 0. The molecule has 1 saturated heterocycles. The van der Waals surface area contributed by atoms with Gasteiger partial charge in [0.1, 0.15) is 5.50 Å². The molecule has 1 aliphatic rings. The van der Waals surface area contributed by atoms with Gasteiger partial charge in [-0.1, -0.05) is 152 Å². The maximum Gasteiger partial charge on any atom is 0.714 e. The second-order valence-electron chi connectivity index (χ2n) is 12.1. The van der Waals surface area contributed by atoms with Gasteiger partial charge in [-0.3, -0.25) is 0 Å². The first-order chi connectivity index (χ1) is 21.8. The average molecular weight is 628 g/mol. The fraction of sp³-hybridized carbons (Fsp3) is 0.179. The highest BCUT2D eigenvalue weighted by Gasteiger charge is 2.55. The molecule has 6 heteroatoms. The Bertz CT molecular complexity index is 1590. The van der Waals surface area contributed by atoms with E-state index in [1.807, 2.05) is 0 Å². The van der Waals surface area contributed by atoms with E-state index in [-0.39, 0.29) is 5.66 Å². The summed E-state index contributed by atoms with van der Waals surface area (Å²) in [6, 6.07) is 54.0. The first-order valence-electron chi connectivity index (χ1n) is 15.4. The normalized spacial score (nSPS) is 16.6. The van der Waals surface area contributed by atoms with Crippen LogP contribution in [0, 0.1) is 0 Å². The van der Waals surface area contributed by atoms with Crippen LogP contribution in [0.15, 0.2) is 163 Å². The van der Waals surface area contributed by atoms with Gasteiger partial charge in [-0.15, -0.1) is 0 Å². The molecule has 0 spiro atoms. The maximum atomic E-state index is 6.98. The molecule has 1 heterocycles. The number of allylic oxidation sites excluding steroid dienone is 1. The van der Waals surface area contributed by atoms with Gasteiger partial charge < -0.3 is 14.0 Å². The van der Waals surface area contributed by atoms with E-state index >= 15 is 0 Å². The van der Waals surface area contributed by atoms with E-state index in [1.54, 1.807) is 0 Å².